The van der Waals surface area contributed by atoms with Crippen LogP contribution in [0.1, 0.15) is 28.8 Å². The zero-order valence-electron chi connectivity index (χ0n) is 10.8. The number of benzene rings is 1. The summed E-state index contributed by atoms with van der Waals surface area (Å²) in [6.45, 7) is 3.07. The lowest BCUT2D eigenvalue weighted by atomic mass is 10.1. The van der Waals surface area contributed by atoms with E-state index in [0.717, 1.165) is 12.8 Å². The second-order valence-corrected chi connectivity index (χ2v) is 4.69. The maximum atomic E-state index is 13.2. The minimum atomic E-state index is -0.273. The number of methoxy groups -OCH3 is 1. The largest absolute Gasteiger partial charge is 0.381 e. The Balaban J connectivity index is 2.05. The summed E-state index contributed by atoms with van der Waals surface area (Å²) in [5.41, 5.74) is 1.07. The molecule has 0 radical (unpaired) electrons. The molecule has 98 valence electrons. The first-order chi connectivity index (χ1) is 8.61. The zero-order chi connectivity index (χ0) is 13.1. The predicted molar refractivity (Wildman–Crippen MR) is 67.1 cm³/mol. The van der Waals surface area contributed by atoms with Gasteiger partial charge in [0.05, 0.1) is 6.10 Å². The first-order valence-electron chi connectivity index (χ1n) is 6.20. The van der Waals surface area contributed by atoms with Gasteiger partial charge in [0.1, 0.15) is 5.82 Å². The lowest BCUT2D eigenvalue weighted by Crippen LogP contribution is -2.40. The van der Waals surface area contributed by atoms with Crippen molar-refractivity contribution < 1.29 is 13.9 Å². The summed E-state index contributed by atoms with van der Waals surface area (Å²) in [7, 11) is 1.70. The molecular formula is C14H18FNO2. The summed E-state index contributed by atoms with van der Waals surface area (Å²) < 4.78 is 18.4. The Morgan fingerprint density at radius 1 is 1.39 bits per heavy atom. The molecule has 0 aliphatic carbocycles. The van der Waals surface area contributed by atoms with Crippen molar-refractivity contribution in [3.8, 4) is 0 Å². The highest BCUT2D eigenvalue weighted by atomic mass is 19.1. The first kappa shape index (κ1) is 13.0. The van der Waals surface area contributed by atoms with Gasteiger partial charge in [0.25, 0.3) is 5.91 Å². The van der Waals surface area contributed by atoms with Gasteiger partial charge in [-0.3, -0.25) is 4.79 Å². The number of aryl methyl sites for hydroxylation is 1. The summed E-state index contributed by atoms with van der Waals surface area (Å²) in [6, 6.07) is 4.51. The van der Waals surface area contributed by atoms with E-state index in [9.17, 15) is 9.18 Å². The summed E-state index contributed by atoms with van der Waals surface area (Å²) >= 11 is 0. The van der Waals surface area contributed by atoms with Crippen LogP contribution in [-0.4, -0.2) is 37.1 Å². The Bertz CT molecular complexity index is 439. The maximum Gasteiger partial charge on any atom is 0.253 e. The molecule has 1 aliphatic heterocycles. The minimum Gasteiger partial charge on any atom is -0.381 e. The average molecular weight is 251 g/mol. The number of hydrogen-bond donors (Lipinski definition) is 0. The Kier molecular flexibility index (Phi) is 3.97. The molecule has 0 N–H and O–H groups in total. The molecule has 0 bridgehead atoms. The summed E-state index contributed by atoms with van der Waals surface area (Å²) in [5.74, 6) is -0.294. The van der Waals surface area contributed by atoms with Gasteiger partial charge in [-0.25, -0.2) is 4.39 Å². The van der Waals surface area contributed by atoms with E-state index in [2.05, 4.69) is 0 Å². The zero-order valence-corrected chi connectivity index (χ0v) is 10.8. The third-order valence-corrected chi connectivity index (χ3v) is 3.47. The number of hydrogen-bond acceptors (Lipinski definition) is 2. The first-order valence-corrected chi connectivity index (χ1v) is 6.20. The lowest BCUT2D eigenvalue weighted by molar-refractivity contribution is 0.0350. The van der Waals surface area contributed by atoms with Gasteiger partial charge in [-0.15, -0.1) is 0 Å². The van der Waals surface area contributed by atoms with Crippen molar-refractivity contribution in [1.82, 2.24) is 4.90 Å². The fourth-order valence-corrected chi connectivity index (χ4v) is 2.25. The number of halogens is 1. The van der Waals surface area contributed by atoms with E-state index in [1.807, 2.05) is 4.90 Å². The van der Waals surface area contributed by atoms with Gasteiger partial charge >= 0.3 is 0 Å². The van der Waals surface area contributed by atoms with Gasteiger partial charge in [-0.05, 0) is 43.5 Å². The van der Waals surface area contributed by atoms with Gasteiger partial charge in [0, 0.05) is 25.8 Å². The van der Waals surface area contributed by atoms with Crippen molar-refractivity contribution in [3.63, 3.8) is 0 Å². The summed E-state index contributed by atoms with van der Waals surface area (Å²) in [4.78, 5) is 14.0. The van der Waals surface area contributed by atoms with Crippen LogP contribution < -0.4 is 0 Å². The quantitative estimate of drug-likeness (QED) is 0.807. The average Bonchev–Trinajstić information content (AvgIpc) is 2.41. The smallest absolute Gasteiger partial charge is 0.253 e. The molecule has 1 heterocycles. The van der Waals surface area contributed by atoms with Crippen LogP contribution in [-0.2, 0) is 4.74 Å². The third-order valence-electron chi connectivity index (χ3n) is 3.47. The Morgan fingerprint density at radius 2 is 2.06 bits per heavy atom. The van der Waals surface area contributed by atoms with Crippen molar-refractivity contribution in [3.05, 3.63) is 35.1 Å². The summed E-state index contributed by atoms with van der Waals surface area (Å²) in [5, 5.41) is 0. The van der Waals surface area contributed by atoms with Gasteiger partial charge in [0.15, 0.2) is 0 Å². The standard InChI is InChI=1S/C14H18FNO2/c1-10-9-11(3-4-13(10)15)14(17)16-7-5-12(18-2)6-8-16/h3-4,9,12H,5-8H2,1-2H3. The van der Waals surface area contributed by atoms with Crippen LogP contribution in [0.4, 0.5) is 4.39 Å². The molecule has 0 saturated carbocycles. The van der Waals surface area contributed by atoms with E-state index in [4.69, 9.17) is 4.74 Å². The molecule has 0 unspecified atom stereocenters. The number of carbonyl (C=O) groups is 1. The highest BCUT2D eigenvalue weighted by Crippen LogP contribution is 2.17. The molecule has 1 aliphatic rings. The van der Waals surface area contributed by atoms with Crippen molar-refractivity contribution in [2.24, 2.45) is 0 Å². The van der Waals surface area contributed by atoms with Crippen LogP contribution >= 0.6 is 0 Å². The highest BCUT2D eigenvalue weighted by molar-refractivity contribution is 5.94. The van der Waals surface area contributed by atoms with Crippen LogP contribution in [0.3, 0.4) is 0 Å². The monoisotopic (exact) mass is 251 g/mol. The molecule has 0 atom stereocenters. The van der Waals surface area contributed by atoms with Crippen molar-refractivity contribution in [2.45, 2.75) is 25.9 Å². The number of piperidine rings is 1. The van der Waals surface area contributed by atoms with Crippen LogP contribution in [0, 0.1) is 12.7 Å². The van der Waals surface area contributed by atoms with E-state index in [0.29, 0.717) is 24.2 Å². The van der Waals surface area contributed by atoms with Crippen LogP contribution in [0.25, 0.3) is 0 Å². The molecule has 3 nitrogen and oxygen atoms in total. The molecule has 1 fully saturated rings. The Morgan fingerprint density at radius 3 is 2.61 bits per heavy atom. The summed E-state index contributed by atoms with van der Waals surface area (Å²) in [6.07, 6.45) is 1.98. The molecule has 1 aromatic carbocycles. The number of likely N-dealkylation sites (tertiary alicyclic amines) is 1. The molecule has 0 aromatic heterocycles. The van der Waals surface area contributed by atoms with Crippen molar-refractivity contribution in [2.75, 3.05) is 20.2 Å². The second kappa shape index (κ2) is 5.48. The van der Waals surface area contributed by atoms with Gasteiger partial charge in [-0.1, -0.05) is 0 Å². The molecule has 0 spiro atoms. The van der Waals surface area contributed by atoms with Gasteiger partial charge in [0.2, 0.25) is 0 Å². The normalized spacial score (nSPS) is 16.9. The molecule has 18 heavy (non-hydrogen) atoms. The highest BCUT2D eigenvalue weighted by Gasteiger charge is 2.23. The van der Waals surface area contributed by atoms with Gasteiger partial charge in [-0.2, -0.15) is 0 Å². The molecule has 1 aromatic rings. The Hall–Kier alpha value is -1.42. The van der Waals surface area contributed by atoms with E-state index in [1.54, 1.807) is 26.2 Å². The lowest BCUT2D eigenvalue weighted by Gasteiger charge is -2.31. The number of ether oxygens (including phenoxy) is 1. The van der Waals surface area contributed by atoms with Crippen LogP contribution in [0.15, 0.2) is 18.2 Å². The van der Waals surface area contributed by atoms with Gasteiger partial charge < -0.3 is 9.64 Å². The minimum absolute atomic E-state index is 0.0207. The maximum absolute atomic E-state index is 13.2. The van der Waals surface area contributed by atoms with Crippen molar-refractivity contribution >= 4 is 5.91 Å². The fraction of sp³-hybridized carbons (Fsp3) is 0.500. The molecule has 4 heteroatoms. The van der Waals surface area contributed by atoms with Crippen LogP contribution in [0.2, 0.25) is 0 Å². The molecular weight excluding hydrogens is 233 g/mol. The van der Waals surface area contributed by atoms with Crippen molar-refractivity contribution in [1.29, 1.82) is 0 Å². The predicted octanol–water partition coefficient (Wildman–Crippen LogP) is 2.39. The molecule has 1 amide bonds. The second-order valence-electron chi connectivity index (χ2n) is 4.69. The number of amides is 1. The molecule has 1 saturated heterocycles. The Labute approximate surface area is 107 Å². The third kappa shape index (κ3) is 2.70. The molecule has 2 rings (SSSR count). The fourth-order valence-electron chi connectivity index (χ4n) is 2.25. The van der Waals surface area contributed by atoms with Crippen LogP contribution in [0.5, 0.6) is 0 Å². The van der Waals surface area contributed by atoms with E-state index >= 15 is 0 Å². The SMILES string of the molecule is COC1CCN(C(=O)c2ccc(F)c(C)c2)CC1. The number of carbonyl (C=O) groups excluding carboxylic acids is 1. The number of rotatable bonds is 2. The number of nitrogens with zero attached hydrogens (tertiary/aromatic N) is 1. The topological polar surface area (TPSA) is 29.5 Å². The van der Waals surface area contributed by atoms with E-state index < -0.39 is 0 Å². The van der Waals surface area contributed by atoms with E-state index in [1.165, 1.54) is 6.07 Å². The van der Waals surface area contributed by atoms with E-state index in [-0.39, 0.29) is 17.8 Å².